The summed E-state index contributed by atoms with van der Waals surface area (Å²) in [6.45, 7) is 6.62. The van der Waals surface area contributed by atoms with Crippen molar-refractivity contribution in [1.29, 1.82) is 0 Å². The molecule has 3 heteroatoms. The van der Waals surface area contributed by atoms with E-state index in [2.05, 4.69) is 19.1 Å². The van der Waals surface area contributed by atoms with Crippen molar-refractivity contribution in [2.75, 3.05) is 0 Å². The lowest BCUT2D eigenvalue weighted by atomic mass is 9.96. The summed E-state index contributed by atoms with van der Waals surface area (Å²) in [7, 11) is 0. The predicted molar refractivity (Wildman–Crippen MR) is 88.1 cm³/mol. The fourth-order valence-electron chi connectivity index (χ4n) is 2.56. The van der Waals surface area contributed by atoms with Gasteiger partial charge in [-0.05, 0) is 67.1 Å². The SMILES string of the molecule is Cc1ccccc1COc1cc(C)c(C[C@H]([NH])C=O)c(C)c1. The zero-order valence-electron chi connectivity index (χ0n) is 13.3. The highest BCUT2D eigenvalue weighted by atomic mass is 16.5. The van der Waals surface area contributed by atoms with E-state index < -0.39 is 6.04 Å². The first-order valence-corrected chi connectivity index (χ1v) is 7.45. The third-order valence-corrected chi connectivity index (χ3v) is 3.91. The molecular weight excluding hydrogens is 274 g/mol. The number of hydrogen-bond donors (Lipinski definition) is 0. The van der Waals surface area contributed by atoms with E-state index in [1.54, 1.807) is 0 Å². The fraction of sp³-hybridized carbons (Fsp3) is 0.316. The van der Waals surface area contributed by atoms with Crippen LogP contribution < -0.4 is 10.5 Å². The highest BCUT2D eigenvalue weighted by Gasteiger charge is 2.10. The Kier molecular flexibility index (Phi) is 5.34. The molecule has 0 bridgehead atoms. The van der Waals surface area contributed by atoms with E-state index in [0.717, 1.165) is 22.4 Å². The molecule has 2 rings (SSSR count). The van der Waals surface area contributed by atoms with Crippen LogP contribution in [0.3, 0.4) is 0 Å². The van der Waals surface area contributed by atoms with Crippen LogP contribution in [0.1, 0.15) is 27.8 Å². The molecule has 1 N–H and O–H groups in total. The summed E-state index contributed by atoms with van der Waals surface area (Å²) in [4.78, 5) is 10.7. The van der Waals surface area contributed by atoms with Crippen molar-refractivity contribution < 1.29 is 9.53 Å². The topological polar surface area (TPSA) is 50.1 Å². The molecule has 1 radical (unpaired) electrons. The maximum Gasteiger partial charge on any atom is 0.138 e. The molecule has 0 unspecified atom stereocenters. The normalized spacial score (nSPS) is 12.0. The molecule has 0 fully saturated rings. The third kappa shape index (κ3) is 3.95. The second-order valence-corrected chi connectivity index (χ2v) is 5.70. The molecule has 115 valence electrons. The van der Waals surface area contributed by atoms with Crippen molar-refractivity contribution in [3.05, 3.63) is 64.2 Å². The molecule has 1 atom stereocenters. The molecule has 3 nitrogen and oxygen atoms in total. The average Bonchev–Trinajstić information content (AvgIpc) is 2.50. The Hall–Kier alpha value is -2.13. The van der Waals surface area contributed by atoms with Gasteiger partial charge in [-0.2, -0.15) is 0 Å². The second kappa shape index (κ2) is 7.23. The Bertz CT molecular complexity index is 641. The smallest absolute Gasteiger partial charge is 0.138 e. The van der Waals surface area contributed by atoms with Gasteiger partial charge >= 0.3 is 0 Å². The van der Waals surface area contributed by atoms with Crippen LogP contribution in [-0.2, 0) is 17.8 Å². The van der Waals surface area contributed by atoms with Crippen molar-refractivity contribution in [3.63, 3.8) is 0 Å². The molecule has 0 aromatic heterocycles. The number of carbonyl (C=O) groups excluding carboxylic acids is 1. The van der Waals surface area contributed by atoms with Gasteiger partial charge in [0.25, 0.3) is 0 Å². The van der Waals surface area contributed by atoms with Gasteiger partial charge in [-0.15, -0.1) is 0 Å². The highest BCUT2D eigenvalue weighted by molar-refractivity contribution is 5.58. The number of aryl methyl sites for hydroxylation is 3. The zero-order valence-corrected chi connectivity index (χ0v) is 13.3. The molecule has 0 saturated heterocycles. The highest BCUT2D eigenvalue weighted by Crippen LogP contribution is 2.24. The Morgan fingerprint density at radius 3 is 2.32 bits per heavy atom. The van der Waals surface area contributed by atoms with E-state index in [9.17, 15) is 4.79 Å². The molecule has 0 spiro atoms. The number of rotatable bonds is 6. The first kappa shape index (κ1) is 16.2. The summed E-state index contributed by atoms with van der Waals surface area (Å²) in [6, 6.07) is 11.4. The summed E-state index contributed by atoms with van der Waals surface area (Å²) in [5, 5.41) is 0. The fourth-order valence-corrected chi connectivity index (χ4v) is 2.56. The van der Waals surface area contributed by atoms with Crippen LogP contribution in [0.25, 0.3) is 0 Å². The minimum absolute atomic E-state index is 0.458. The number of benzene rings is 2. The van der Waals surface area contributed by atoms with Crippen molar-refractivity contribution in [2.45, 2.75) is 39.8 Å². The number of aldehydes is 1. The van der Waals surface area contributed by atoms with E-state index in [-0.39, 0.29) is 0 Å². The summed E-state index contributed by atoms with van der Waals surface area (Å²) < 4.78 is 5.90. The van der Waals surface area contributed by atoms with Gasteiger partial charge in [0.1, 0.15) is 18.6 Å². The van der Waals surface area contributed by atoms with E-state index in [0.29, 0.717) is 19.3 Å². The molecule has 0 amide bonds. The van der Waals surface area contributed by atoms with Crippen LogP contribution in [0.5, 0.6) is 5.75 Å². The molecule has 2 aromatic rings. The molecule has 0 aliphatic rings. The van der Waals surface area contributed by atoms with Crippen molar-refractivity contribution in [3.8, 4) is 5.75 Å². The Labute approximate surface area is 132 Å². The molecule has 0 aliphatic heterocycles. The molecule has 0 aliphatic carbocycles. The maximum atomic E-state index is 10.7. The van der Waals surface area contributed by atoms with Gasteiger partial charge in [-0.1, -0.05) is 24.3 Å². The van der Waals surface area contributed by atoms with E-state index >= 15 is 0 Å². The first-order valence-electron chi connectivity index (χ1n) is 7.45. The quantitative estimate of drug-likeness (QED) is 0.765. The van der Waals surface area contributed by atoms with Gasteiger partial charge in [-0.25, -0.2) is 5.73 Å². The number of hydrogen-bond acceptors (Lipinski definition) is 2. The van der Waals surface area contributed by atoms with Gasteiger partial charge in [-0.3, -0.25) is 0 Å². The van der Waals surface area contributed by atoms with E-state index in [1.807, 2.05) is 38.1 Å². The molecule has 0 saturated carbocycles. The maximum absolute atomic E-state index is 10.7. The van der Waals surface area contributed by atoms with Gasteiger partial charge in [0.05, 0.1) is 6.04 Å². The largest absolute Gasteiger partial charge is 0.489 e. The Morgan fingerprint density at radius 2 is 1.73 bits per heavy atom. The van der Waals surface area contributed by atoms with Gasteiger partial charge in [0, 0.05) is 0 Å². The van der Waals surface area contributed by atoms with Crippen LogP contribution in [0.15, 0.2) is 36.4 Å². The molecule has 22 heavy (non-hydrogen) atoms. The molecular formula is C19H22NO2. The van der Waals surface area contributed by atoms with Crippen LogP contribution >= 0.6 is 0 Å². The van der Waals surface area contributed by atoms with Gasteiger partial charge in [0.15, 0.2) is 0 Å². The zero-order chi connectivity index (χ0) is 16.1. The third-order valence-electron chi connectivity index (χ3n) is 3.91. The van der Waals surface area contributed by atoms with E-state index in [4.69, 9.17) is 10.5 Å². The summed E-state index contributed by atoms with van der Waals surface area (Å²) in [5.74, 6) is 0.828. The van der Waals surface area contributed by atoms with Crippen LogP contribution in [0, 0.1) is 20.8 Å². The van der Waals surface area contributed by atoms with E-state index in [1.165, 1.54) is 11.1 Å². The minimum Gasteiger partial charge on any atom is -0.489 e. The summed E-state index contributed by atoms with van der Waals surface area (Å²) in [6.07, 6.45) is 1.14. The summed E-state index contributed by atoms with van der Waals surface area (Å²) in [5.41, 5.74) is 13.2. The Morgan fingerprint density at radius 1 is 1.09 bits per heavy atom. The predicted octanol–water partition coefficient (Wildman–Crippen LogP) is 3.58. The monoisotopic (exact) mass is 296 g/mol. The summed E-state index contributed by atoms with van der Waals surface area (Å²) >= 11 is 0. The first-order chi connectivity index (χ1) is 10.5. The minimum atomic E-state index is -0.698. The van der Waals surface area contributed by atoms with Crippen molar-refractivity contribution >= 4 is 6.29 Å². The van der Waals surface area contributed by atoms with Crippen LogP contribution in [-0.4, -0.2) is 12.3 Å². The van der Waals surface area contributed by atoms with Gasteiger partial charge in [0.2, 0.25) is 0 Å². The lowest BCUT2D eigenvalue weighted by Crippen LogP contribution is -2.15. The molecule has 2 aromatic carbocycles. The number of carbonyl (C=O) groups is 1. The Balaban J connectivity index is 2.13. The lowest BCUT2D eigenvalue weighted by Gasteiger charge is -2.15. The lowest BCUT2D eigenvalue weighted by molar-refractivity contribution is -0.109. The van der Waals surface area contributed by atoms with Crippen LogP contribution in [0.2, 0.25) is 0 Å². The average molecular weight is 296 g/mol. The second-order valence-electron chi connectivity index (χ2n) is 5.70. The number of ether oxygens (including phenoxy) is 1. The molecule has 0 heterocycles. The van der Waals surface area contributed by atoms with Crippen molar-refractivity contribution in [1.82, 2.24) is 5.73 Å². The van der Waals surface area contributed by atoms with Crippen LogP contribution in [0.4, 0.5) is 0 Å². The van der Waals surface area contributed by atoms with Crippen molar-refractivity contribution in [2.24, 2.45) is 0 Å². The number of nitrogens with one attached hydrogen (secondary N) is 1. The standard InChI is InChI=1S/C19H22NO2/c1-13-6-4-5-7-16(13)12-22-18-8-14(2)19(15(3)9-18)10-17(20)11-21/h4-9,11,17,20H,10,12H2,1-3H3/t17-/m0/s1. The van der Waals surface area contributed by atoms with Gasteiger partial charge < -0.3 is 9.53 Å².